The van der Waals surface area contributed by atoms with E-state index in [9.17, 15) is 14.7 Å². The van der Waals surface area contributed by atoms with Gasteiger partial charge in [-0.3, -0.25) is 9.59 Å². The van der Waals surface area contributed by atoms with E-state index in [0.717, 1.165) is 25.7 Å². The Labute approximate surface area is 121 Å². The molecule has 0 aromatic rings. The van der Waals surface area contributed by atoms with Gasteiger partial charge in [-0.25, -0.2) is 0 Å². The lowest BCUT2D eigenvalue weighted by Gasteiger charge is -2.48. The number of fused-ring (bicyclic) bond motifs is 2. The van der Waals surface area contributed by atoms with Crippen molar-refractivity contribution < 1.29 is 14.7 Å². The van der Waals surface area contributed by atoms with E-state index in [2.05, 4.69) is 15.9 Å². The first kappa shape index (κ1) is 13.7. The Morgan fingerprint density at radius 1 is 1.05 bits per heavy atom. The second-order valence-electron chi connectivity index (χ2n) is 6.25. The van der Waals surface area contributed by atoms with Gasteiger partial charge in [-0.15, -0.1) is 0 Å². The molecule has 0 amide bonds. The molecular weight excluding hydrogens is 310 g/mol. The van der Waals surface area contributed by atoms with E-state index in [1.54, 1.807) is 0 Å². The predicted molar refractivity (Wildman–Crippen MR) is 73.8 cm³/mol. The van der Waals surface area contributed by atoms with Crippen molar-refractivity contribution in [1.29, 1.82) is 0 Å². The molecule has 0 saturated heterocycles. The van der Waals surface area contributed by atoms with Crippen molar-refractivity contribution in [1.82, 2.24) is 0 Å². The van der Waals surface area contributed by atoms with Crippen molar-refractivity contribution in [3.63, 3.8) is 0 Å². The number of rotatable bonds is 0. The van der Waals surface area contributed by atoms with Gasteiger partial charge in [0.15, 0.2) is 0 Å². The molecular formula is C14H20BrNO3. The van der Waals surface area contributed by atoms with Crippen molar-refractivity contribution in [2.45, 2.75) is 49.1 Å². The van der Waals surface area contributed by atoms with E-state index in [1.807, 2.05) is 0 Å². The Kier molecular flexibility index (Phi) is 3.56. The minimum absolute atomic E-state index is 0.0827. The second-order valence-corrected chi connectivity index (χ2v) is 7.43. The molecule has 0 bridgehead atoms. The van der Waals surface area contributed by atoms with Gasteiger partial charge in [-0.1, -0.05) is 28.8 Å². The van der Waals surface area contributed by atoms with Gasteiger partial charge in [0.05, 0.1) is 12.0 Å². The van der Waals surface area contributed by atoms with Crippen LogP contribution < -0.4 is 5.73 Å². The molecule has 3 N–H and O–H groups in total. The Morgan fingerprint density at radius 2 is 1.58 bits per heavy atom. The zero-order valence-electron chi connectivity index (χ0n) is 10.8. The molecule has 0 aromatic heterocycles. The fraction of sp³-hybridized carbons (Fsp3) is 0.857. The van der Waals surface area contributed by atoms with Gasteiger partial charge < -0.3 is 10.8 Å². The van der Waals surface area contributed by atoms with Gasteiger partial charge in [0.25, 0.3) is 0 Å². The van der Waals surface area contributed by atoms with Gasteiger partial charge in [-0.2, -0.15) is 0 Å². The molecule has 106 valence electrons. The molecule has 3 saturated carbocycles. The van der Waals surface area contributed by atoms with E-state index in [1.165, 1.54) is 0 Å². The summed E-state index contributed by atoms with van der Waals surface area (Å²) in [5.41, 5.74) is 6.14. The maximum Gasteiger partial charge on any atom is 0.143 e. The van der Waals surface area contributed by atoms with Gasteiger partial charge in [-0.05, 0) is 19.3 Å². The topological polar surface area (TPSA) is 80.4 Å². The maximum absolute atomic E-state index is 12.7. The number of hydrogen-bond donors (Lipinski definition) is 2. The molecule has 19 heavy (non-hydrogen) atoms. The molecule has 3 fully saturated rings. The molecule has 0 heterocycles. The Hall–Kier alpha value is -0.260. The highest BCUT2D eigenvalue weighted by atomic mass is 79.9. The lowest BCUT2D eigenvalue weighted by Crippen LogP contribution is -2.62. The number of nitrogens with two attached hydrogens (primary N) is 1. The quantitative estimate of drug-likeness (QED) is 0.650. The molecule has 7 atom stereocenters. The van der Waals surface area contributed by atoms with Crippen LogP contribution in [-0.4, -0.2) is 33.6 Å². The highest BCUT2D eigenvalue weighted by Gasteiger charge is 2.56. The fourth-order valence-corrected chi connectivity index (χ4v) is 4.99. The van der Waals surface area contributed by atoms with E-state index in [-0.39, 0.29) is 34.3 Å². The summed E-state index contributed by atoms with van der Waals surface area (Å²) >= 11 is 3.44. The molecule has 0 aliphatic heterocycles. The summed E-state index contributed by atoms with van der Waals surface area (Å²) < 4.78 is 0. The highest BCUT2D eigenvalue weighted by molar-refractivity contribution is 9.09. The lowest BCUT2D eigenvalue weighted by atomic mass is 9.56. The third-order valence-corrected chi connectivity index (χ3v) is 6.24. The molecule has 5 heteroatoms. The van der Waals surface area contributed by atoms with E-state index in [4.69, 9.17) is 5.73 Å². The van der Waals surface area contributed by atoms with Gasteiger partial charge >= 0.3 is 0 Å². The van der Waals surface area contributed by atoms with Crippen molar-refractivity contribution in [2.75, 3.05) is 0 Å². The average Bonchev–Trinajstić information content (AvgIpc) is 2.40. The normalized spacial score (nSPS) is 50.6. The van der Waals surface area contributed by atoms with Crippen molar-refractivity contribution in [3.8, 4) is 0 Å². The number of carbonyl (C=O) groups is 2. The summed E-state index contributed by atoms with van der Waals surface area (Å²) in [6, 6.07) is -0.354. The minimum atomic E-state index is -0.728. The number of Topliss-reactive ketones (excluding diaryl/α,β-unsaturated/α-hetero) is 2. The van der Waals surface area contributed by atoms with Crippen molar-refractivity contribution in [3.05, 3.63) is 0 Å². The molecule has 4 nitrogen and oxygen atoms in total. The first-order chi connectivity index (χ1) is 9.02. The largest absolute Gasteiger partial charge is 0.392 e. The summed E-state index contributed by atoms with van der Waals surface area (Å²) in [4.78, 5) is 25.2. The Morgan fingerprint density at radius 3 is 2.16 bits per heavy atom. The SMILES string of the molecule is NC1C(Br)CC(O)C2C(=O)C3CCCCC3C(=O)C12. The smallest absolute Gasteiger partial charge is 0.143 e. The summed E-state index contributed by atoms with van der Waals surface area (Å²) in [5.74, 6) is -1.12. The van der Waals surface area contributed by atoms with Gasteiger partial charge in [0.2, 0.25) is 0 Å². The van der Waals surface area contributed by atoms with Gasteiger partial charge in [0, 0.05) is 28.6 Å². The van der Waals surface area contributed by atoms with Crippen LogP contribution in [0, 0.1) is 23.7 Å². The van der Waals surface area contributed by atoms with Crippen molar-refractivity contribution >= 4 is 27.5 Å². The van der Waals surface area contributed by atoms with Crippen LogP contribution in [0.4, 0.5) is 0 Å². The van der Waals surface area contributed by atoms with Gasteiger partial charge in [0.1, 0.15) is 11.6 Å². The number of halogens is 1. The van der Waals surface area contributed by atoms with Crippen LogP contribution in [0.5, 0.6) is 0 Å². The molecule has 3 aliphatic rings. The van der Waals surface area contributed by atoms with Crippen LogP contribution in [-0.2, 0) is 9.59 Å². The van der Waals surface area contributed by atoms with E-state index >= 15 is 0 Å². The highest BCUT2D eigenvalue weighted by Crippen LogP contribution is 2.46. The number of carbonyl (C=O) groups excluding carboxylic acids is 2. The zero-order valence-corrected chi connectivity index (χ0v) is 12.4. The molecule has 0 spiro atoms. The van der Waals surface area contributed by atoms with Crippen LogP contribution in [0.15, 0.2) is 0 Å². The maximum atomic E-state index is 12.7. The predicted octanol–water partition coefficient (Wildman–Crippen LogP) is 1.03. The molecule has 3 rings (SSSR count). The Balaban J connectivity index is 1.96. The number of ketones is 2. The lowest BCUT2D eigenvalue weighted by molar-refractivity contribution is -0.157. The van der Waals surface area contributed by atoms with Crippen LogP contribution >= 0.6 is 15.9 Å². The van der Waals surface area contributed by atoms with Crippen molar-refractivity contribution in [2.24, 2.45) is 29.4 Å². The first-order valence-electron chi connectivity index (χ1n) is 7.17. The van der Waals surface area contributed by atoms with Crippen LogP contribution in [0.25, 0.3) is 0 Å². The Bertz CT molecular complexity index is 413. The second kappa shape index (κ2) is 4.93. The average molecular weight is 330 g/mol. The van der Waals surface area contributed by atoms with Crippen LogP contribution in [0.3, 0.4) is 0 Å². The molecule has 3 aliphatic carbocycles. The number of hydrogen-bond acceptors (Lipinski definition) is 4. The zero-order chi connectivity index (χ0) is 13.7. The summed E-state index contributed by atoms with van der Waals surface area (Å²) in [6.07, 6.45) is 3.38. The standard InChI is InChI=1S/C14H20BrNO3/c15-8-5-9(17)10-11(12(8)16)14(19)7-4-2-1-3-6(7)13(10)18/h6-12,17H,1-5,16H2. The summed E-state index contributed by atoms with van der Waals surface area (Å²) in [7, 11) is 0. The number of aliphatic hydroxyl groups excluding tert-OH is 1. The summed E-state index contributed by atoms with van der Waals surface area (Å²) in [5, 5.41) is 10.2. The molecule has 0 radical (unpaired) electrons. The van der Waals surface area contributed by atoms with E-state index < -0.39 is 17.9 Å². The monoisotopic (exact) mass is 329 g/mol. The fourth-order valence-electron chi connectivity index (χ4n) is 4.28. The van der Waals surface area contributed by atoms with Crippen LogP contribution in [0.1, 0.15) is 32.1 Å². The van der Waals surface area contributed by atoms with Crippen LogP contribution in [0.2, 0.25) is 0 Å². The summed E-state index contributed by atoms with van der Waals surface area (Å²) in [6.45, 7) is 0. The number of alkyl halides is 1. The molecule has 7 unspecified atom stereocenters. The minimum Gasteiger partial charge on any atom is -0.392 e. The molecule has 0 aromatic carbocycles. The third kappa shape index (κ3) is 2.01. The third-order valence-electron chi connectivity index (χ3n) is 5.25. The van der Waals surface area contributed by atoms with E-state index in [0.29, 0.717) is 6.42 Å². The first-order valence-corrected chi connectivity index (χ1v) is 8.09. The number of aliphatic hydroxyl groups is 1.